The van der Waals surface area contributed by atoms with E-state index in [4.69, 9.17) is 0 Å². The van der Waals surface area contributed by atoms with Crippen LogP contribution in [0.15, 0.2) is 0 Å². The van der Waals surface area contributed by atoms with Crippen molar-refractivity contribution in [2.75, 3.05) is 0 Å². The summed E-state index contributed by atoms with van der Waals surface area (Å²) in [7, 11) is 0. The molecule has 0 spiro atoms. The molecule has 0 heterocycles. The SMILES string of the molecule is C[C@]12CC[C@@H]3[C@H]([C@@H]1CC(Br)C2)C(O)(O)CC1CC(O)CC[C@@]13C. The lowest BCUT2D eigenvalue weighted by atomic mass is 9.43. The van der Waals surface area contributed by atoms with Crippen molar-refractivity contribution >= 4 is 15.9 Å². The van der Waals surface area contributed by atoms with Gasteiger partial charge in [-0.15, -0.1) is 0 Å². The Morgan fingerprint density at radius 2 is 1.70 bits per heavy atom. The highest BCUT2D eigenvalue weighted by Crippen LogP contribution is 2.68. The Morgan fingerprint density at radius 1 is 0.957 bits per heavy atom. The Balaban J connectivity index is 1.72. The van der Waals surface area contributed by atoms with Gasteiger partial charge >= 0.3 is 0 Å². The third-order valence-corrected chi connectivity index (χ3v) is 9.12. The molecule has 8 atom stereocenters. The predicted molar refractivity (Wildman–Crippen MR) is 93.0 cm³/mol. The highest BCUT2D eigenvalue weighted by molar-refractivity contribution is 9.09. The molecule has 3 unspecified atom stereocenters. The van der Waals surface area contributed by atoms with E-state index in [1.54, 1.807) is 0 Å². The average Bonchev–Trinajstić information content (AvgIpc) is 2.74. The maximum Gasteiger partial charge on any atom is 0.166 e. The summed E-state index contributed by atoms with van der Waals surface area (Å²) in [5.74, 6) is -0.520. The Morgan fingerprint density at radius 3 is 2.43 bits per heavy atom. The minimum atomic E-state index is -1.56. The van der Waals surface area contributed by atoms with Crippen LogP contribution in [0.3, 0.4) is 0 Å². The van der Waals surface area contributed by atoms with Crippen molar-refractivity contribution < 1.29 is 15.3 Å². The smallest absolute Gasteiger partial charge is 0.166 e. The minimum Gasteiger partial charge on any atom is -0.393 e. The monoisotopic (exact) mass is 386 g/mol. The summed E-state index contributed by atoms with van der Waals surface area (Å²) in [5.41, 5.74) is 0.425. The fourth-order valence-electron chi connectivity index (χ4n) is 7.20. The van der Waals surface area contributed by atoms with Crippen LogP contribution in [0, 0.1) is 34.5 Å². The number of hydrogen-bond acceptors (Lipinski definition) is 3. The molecule has 0 aromatic carbocycles. The first-order valence-electron chi connectivity index (χ1n) is 9.43. The number of aliphatic hydroxyl groups is 3. The van der Waals surface area contributed by atoms with Crippen LogP contribution in [0.25, 0.3) is 0 Å². The fourth-order valence-corrected chi connectivity index (χ4v) is 8.34. The van der Waals surface area contributed by atoms with Gasteiger partial charge in [-0.1, -0.05) is 29.8 Å². The molecule has 0 bridgehead atoms. The molecule has 0 aliphatic heterocycles. The van der Waals surface area contributed by atoms with Crippen LogP contribution < -0.4 is 0 Å². The summed E-state index contributed by atoms with van der Waals surface area (Å²) in [6.45, 7) is 4.74. The fraction of sp³-hybridized carbons (Fsp3) is 1.00. The molecule has 0 aromatic rings. The van der Waals surface area contributed by atoms with E-state index in [-0.39, 0.29) is 28.8 Å². The quantitative estimate of drug-likeness (QED) is 0.441. The highest BCUT2D eigenvalue weighted by Gasteiger charge is 2.65. The van der Waals surface area contributed by atoms with E-state index >= 15 is 0 Å². The van der Waals surface area contributed by atoms with Crippen LogP contribution in [0.1, 0.15) is 65.2 Å². The number of aliphatic hydroxyl groups excluding tert-OH is 1. The minimum absolute atomic E-state index is 0.000271. The second kappa shape index (κ2) is 5.18. The van der Waals surface area contributed by atoms with Crippen molar-refractivity contribution in [3.05, 3.63) is 0 Å². The van der Waals surface area contributed by atoms with E-state index in [0.717, 1.165) is 38.5 Å². The highest BCUT2D eigenvalue weighted by atomic mass is 79.9. The third-order valence-electron chi connectivity index (χ3n) is 8.42. The van der Waals surface area contributed by atoms with Gasteiger partial charge in [0.25, 0.3) is 0 Å². The van der Waals surface area contributed by atoms with E-state index in [0.29, 0.717) is 23.1 Å². The molecular formula is C19H31BrO3. The summed E-state index contributed by atoms with van der Waals surface area (Å²) in [4.78, 5) is 0.519. The molecule has 0 amide bonds. The summed E-state index contributed by atoms with van der Waals surface area (Å²) in [6, 6.07) is 0. The molecule has 0 radical (unpaired) electrons. The molecule has 3 nitrogen and oxygen atoms in total. The van der Waals surface area contributed by atoms with Gasteiger partial charge in [0.1, 0.15) is 0 Å². The van der Waals surface area contributed by atoms with E-state index in [1.807, 2.05) is 0 Å². The lowest BCUT2D eigenvalue weighted by Gasteiger charge is -2.63. The lowest BCUT2D eigenvalue weighted by Crippen LogP contribution is -2.63. The van der Waals surface area contributed by atoms with Crippen molar-refractivity contribution in [3.8, 4) is 0 Å². The van der Waals surface area contributed by atoms with Crippen molar-refractivity contribution in [1.29, 1.82) is 0 Å². The Kier molecular flexibility index (Phi) is 3.79. The van der Waals surface area contributed by atoms with Gasteiger partial charge in [0.15, 0.2) is 5.79 Å². The molecule has 3 N–H and O–H groups in total. The molecule has 0 aromatic heterocycles. The topological polar surface area (TPSA) is 60.7 Å². The van der Waals surface area contributed by atoms with Crippen LogP contribution in [-0.2, 0) is 0 Å². The molecule has 23 heavy (non-hydrogen) atoms. The largest absolute Gasteiger partial charge is 0.393 e. The van der Waals surface area contributed by atoms with Crippen LogP contribution in [0.4, 0.5) is 0 Å². The van der Waals surface area contributed by atoms with Crippen molar-refractivity contribution in [2.24, 2.45) is 34.5 Å². The number of alkyl halides is 1. The first kappa shape index (κ1) is 16.8. The molecule has 132 valence electrons. The van der Waals surface area contributed by atoms with Crippen LogP contribution in [0.5, 0.6) is 0 Å². The number of fused-ring (bicyclic) bond motifs is 5. The van der Waals surface area contributed by atoms with Crippen molar-refractivity contribution in [2.45, 2.75) is 81.9 Å². The van der Waals surface area contributed by atoms with E-state index in [9.17, 15) is 15.3 Å². The molecule has 4 aliphatic carbocycles. The van der Waals surface area contributed by atoms with Gasteiger partial charge in [-0.2, -0.15) is 0 Å². The zero-order valence-electron chi connectivity index (χ0n) is 14.3. The second-order valence-corrected chi connectivity index (χ2v) is 11.0. The van der Waals surface area contributed by atoms with Gasteiger partial charge in [-0.05, 0) is 73.5 Å². The molecule has 4 saturated carbocycles. The first-order chi connectivity index (χ1) is 10.7. The van der Waals surface area contributed by atoms with Gasteiger partial charge in [-0.25, -0.2) is 0 Å². The maximum atomic E-state index is 11.0. The molecule has 4 fully saturated rings. The Labute approximate surface area is 148 Å². The van der Waals surface area contributed by atoms with Crippen LogP contribution in [-0.4, -0.2) is 32.0 Å². The summed E-state index contributed by atoms with van der Waals surface area (Å²) in [5, 5.41) is 32.1. The molecule has 4 aliphatic rings. The molecule has 0 saturated heterocycles. The summed E-state index contributed by atoms with van der Waals surface area (Å²) in [6.07, 6.45) is 7.41. The van der Waals surface area contributed by atoms with Gasteiger partial charge in [0.2, 0.25) is 0 Å². The standard InChI is InChI=1S/C19H31BrO3/c1-17-5-4-14-16(15(17)8-12(20)10-17)19(22,23)9-11-7-13(21)3-6-18(11,14)2/h11-16,21-23H,3-10H2,1-2H3/t11?,12?,13?,14-,15+,16-,17-,18+/m1/s1. The Hall–Kier alpha value is 0.360. The normalized spacial score (nSPS) is 58.2. The van der Waals surface area contributed by atoms with Gasteiger partial charge < -0.3 is 15.3 Å². The first-order valence-corrected chi connectivity index (χ1v) is 10.3. The van der Waals surface area contributed by atoms with E-state index in [1.165, 1.54) is 6.42 Å². The van der Waals surface area contributed by atoms with Crippen LogP contribution >= 0.6 is 15.9 Å². The second-order valence-electron chi connectivity index (χ2n) is 9.68. The predicted octanol–water partition coefficient (Wildman–Crippen LogP) is 3.44. The summed E-state index contributed by atoms with van der Waals surface area (Å²) < 4.78 is 0. The lowest BCUT2D eigenvalue weighted by molar-refractivity contribution is -0.303. The van der Waals surface area contributed by atoms with E-state index in [2.05, 4.69) is 29.8 Å². The van der Waals surface area contributed by atoms with E-state index < -0.39 is 5.79 Å². The zero-order valence-corrected chi connectivity index (χ0v) is 15.9. The van der Waals surface area contributed by atoms with Crippen molar-refractivity contribution in [1.82, 2.24) is 0 Å². The summed E-state index contributed by atoms with van der Waals surface area (Å²) >= 11 is 3.81. The molecule has 4 rings (SSSR count). The average molecular weight is 387 g/mol. The van der Waals surface area contributed by atoms with Crippen molar-refractivity contribution in [3.63, 3.8) is 0 Å². The number of rotatable bonds is 0. The maximum absolute atomic E-state index is 11.0. The zero-order chi connectivity index (χ0) is 16.6. The number of hydrogen-bond donors (Lipinski definition) is 3. The Bertz CT molecular complexity index is 495. The van der Waals surface area contributed by atoms with Gasteiger partial charge in [0.05, 0.1) is 6.10 Å². The van der Waals surface area contributed by atoms with Gasteiger partial charge in [-0.3, -0.25) is 0 Å². The number of halogens is 1. The van der Waals surface area contributed by atoms with Crippen LogP contribution in [0.2, 0.25) is 0 Å². The third kappa shape index (κ3) is 2.38. The molecule has 4 heteroatoms. The molecular weight excluding hydrogens is 356 g/mol. The van der Waals surface area contributed by atoms with Gasteiger partial charge in [0, 0.05) is 17.2 Å².